The Labute approximate surface area is 117 Å². The van der Waals surface area contributed by atoms with Gasteiger partial charge >= 0.3 is 5.97 Å². The molecule has 0 aliphatic rings. The fraction of sp³-hybridized carbons (Fsp3) is 0.286. The molecule has 19 heavy (non-hydrogen) atoms. The first-order valence-corrected chi connectivity index (χ1v) is 6.64. The van der Waals surface area contributed by atoms with E-state index in [0.717, 1.165) is 22.3 Å². The standard InChI is InChI=1S/C14H16N2O2S/c1-3-8-16(9-11(2)14(17)18)12-4-6-13(7-5-12)19-10-15/h3-7,11H,1,8-9H2,2H3,(H,17,18). The SMILES string of the molecule is C=CCN(CC(C)C(=O)O)c1ccc(SC#N)cc1. The van der Waals surface area contributed by atoms with Crippen LogP contribution in [0.1, 0.15) is 6.92 Å². The number of thioether (sulfide) groups is 1. The van der Waals surface area contributed by atoms with Crippen molar-refractivity contribution in [3.8, 4) is 5.40 Å². The Kier molecular flexibility index (Phi) is 5.97. The van der Waals surface area contributed by atoms with Gasteiger partial charge in [0.1, 0.15) is 5.40 Å². The van der Waals surface area contributed by atoms with Crippen LogP contribution in [0.25, 0.3) is 0 Å². The van der Waals surface area contributed by atoms with Crippen molar-refractivity contribution in [2.45, 2.75) is 11.8 Å². The van der Waals surface area contributed by atoms with E-state index in [1.807, 2.05) is 34.6 Å². The summed E-state index contributed by atoms with van der Waals surface area (Å²) in [5.41, 5.74) is 0.926. The third-order valence-corrected chi connectivity index (χ3v) is 3.23. The zero-order valence-corrected chi connectivity index (χ0v) is 11.6. The molecule has 1 aromatic rings. The van der Waals surface area contributed by atoms with Gasteiger partial charge in [-0.3, -0.25) is 4.79 Å². The topological polar surface area (TPSA) is 64.3 Å². The monoisotopic (exact) mass is 276 g/mol. The summed E-state index contributed by atoms with van der Waals surface area (Å²) < 4.78 is 0. The highest BCUT2D eigenvalue weighted by Crippen LogP contribution is 2.22. The summed E-state index contributed by atoms with van der Waals surface area (Å²) in [5.74, 6) is -1.26. The van der Waals surface area contributed by atoms with Crippen molar-refractivity contribution in [3.63, 3.8) is 0 Å². The molecule has 0 heterocycles. The van der Waals surface area contributed by atoms with Crippen molar-refractivity contribution in [1.29, 1.82) is 5.26 Å². The zero-order chi connectivity index (χ0) is 14.3. The third-order valence-electron chi connectivity index (χ3n) is 2.63. The molecular formula is C14H16N2O2S. The van der Waals surface area contributed by atoms with E-state index in [1.54, 1.807) is 13.0 Å². The number of nitriles is 1. The van der Waals surface area contributed by atoms with E-state index in [4.69, 9.17) is 10.4 Å². The van der Waals surface area contributed by atoms with E-state index < -0.39 is 11.9 Å². The van der Waals surface area contributed by atoms with E-state index in [2.05, 4.69) is 6.58 Å². The van der Waals surface area contributed by atoms with Crippen LogP contribution in [0.2, 0.25) is 0 Å². The van der Waals surface area contributed by atoms with E-state index in [9.17, 15) is 4.79 Å². The number of carboxylic acid groups (broad SMARTS) is 1. The lowest BCUT2D eigenvalue weighted by Gasteiger charge is -2.25. The van der Waals surface area contributed by atoms with Crippen LogP contribution in [0.15, 0.2) is 41.8 Å². The molecule has 0 saturated carbocycles. The number of anilines is 1. The third kappa shape index (κ3) is 4.68. The van der Waals surface area contributed by atoms with Crippen molar-refractivity contribution in [3.05, 3.63) is 36.9 Å². The van der Waals surface area contributed by atoms with Crippen molar-refractivity contribution < 1.29 is 9.90 Å². The summed E-state index contributed by atoms with van der Waals surface area (Å²) in [4.78, 5) is 13.7. The molecule has 1 N–H and O–H groups in total. The van der Waals surface area contributed by atoms with Gasteiger partial charge < -0.3 is 10.0 Å². The first-order valence-electron chi connectivity index (χ1n) is 5.83. The zero-order valence-electron chi connectivity index (χ0n) is 10.7. The molecule has 100 valence electrons. The summed E-state index contributed by atoms with van der Waals surface area (Å²) in [6, 6.07) is 7.48. The molecule has 0 aromatic heterocycles. The first-order chi connectivity index (χ1) is 9.08. The van der Waals surface area contributed by atoms with E-state index in [-0.39, 0.29) is 0 Å². The van der Waals surface area contributed by atoms with Crippen molar-refractivity contribution in [2.24, 2.45) is 5.92 Å². The maximum atomic E-state index is 10.9. The minimum absolute atomic E-state index is 0.423. The number of thiocyanates is 1. The number of carboxylic acids is 1. The number of benzene rings is 1. The van der Waals surface area contributed by atoms with Crippen LogP contribution >= 0.6 is 11.8 Å². The Balaban J connectivity index is 2.83. The lowest BCUT2D eigenvalue weighted by Crippen LogP contribution is -2.31. The summed E-state index contributed by atoms with van der Waals surface area (Å²) in [7, 11) is 0. The molecule has 1 aromatic carbocycles. The van der Waals surface area contributed by atoms with Gasteiger partial charge in [0, 0.05) is 23.7 Å². The Morgan fingerprint density at radius 2 is 2.21 bits per heavy atom. The lowest BCUT2D eigenvalue weighted by atomic mass is 10.1. The van der Waals surface area contributed by atoms with Crippen LogP contribution in [-0.4, -0.2) is 24.2 Å². The predicted molar refractivity (Wildman–Crippen MR) is 77.1 cm³/mol. The van der Waals surface area contributed by atoms with E-state index in [1.165, 1.54) is 0 Å². The summed E-state index contributed by atoms with van der Waals surface area (Å²) in [6.07, 6.45) is 1.74. The van der Waals surface area contributed by atoms with Gasteiger partial charge in [-0.15, -0.1) is 6.58 Å². The van der Waals surface area contributed by atoms with Crippen molar-refractivity contribution >= 4 is 23.4 Å². The number of aliphatic carboxylic acids is 1. The quantitative estimate of drug-likeness (QED) is 0.471. The van der Waals surface area contributed by atoms with Gasteiger partial charge in [-0.2, -0.15) is 5.26 Å². The second-order valence-electron chi connectivity index (χ2n) is 4.12. The second kappa shape index (κ2) is 7.49. The van der Waals surface area contributed by atoms with Gasteiger partial charge in [-0.1, -0.05) is 13.0 Å². The molecule has 0 aliphatic heterocycles. The van der Waals surface area contributed by atoms with Crippen LogP contribution < -0.4 is 4.90 Å². The molecule has 1 unspecified atom stereocenters. The van der Waals surface area contributed by atoms with Gasteiger partial charge in [0.15, 0.2) is 0 Å². The molecule has 1 rings (SSSR count). The summed E-state index contributed by atoms with van der Waals surface area (Å²) in [5, 5.41) is 19.6. The van der Waals surface area contributed by atoms with Crippen molar-refractivity contribution in [1.82, 2.24) is 0 Å². The van der Waals surface area contributed by atoms with E-state index in [0.29, 0.717) is 13.1 Å². The molecule has 4 nitrogen and oxygen atoms in total. The van der Waals surface area contributed by atoms with Gasteiger partial charge in [0.2, 0.25) is 0 Å². The normalized spacial score (nSPS) is 11.4. The molecule has 0 aliphatic carbocycles. The summed E-state index contributed by atoms with van der Waals surface area (Å²) >= 11 is 1.10. The number of rotatable bonds is 7. The van der Waals surface area contributed by atoms with Crippen LogP contribution in [-0.2, 0) is 4.79 Å². The Hall–Kier alpha value is -1.93. The van der Waals surface area contributed by atoms with Gasteiger partial charge in [0.25, 0.3) is 0 Å². The number of nitrogens with zero attached hydrogens (tertiary/aromatic N) is 2. The highest BCUT2D eigenvalue weighted by atomic mass is 32.2. The van der Waals surface area contributed by atoms with Crippen LogP contribution in [0.3, 0.4) is 0 Å². The van der Waals surface area contributed by atoms with Crippen LogP contribution in [0.5, 0.6) is 0 Å². The maximum Gasteiger partial charge on any atom is 0.308 e. The number of hydrogen-bond acceptors (Lipinski definition) is 4. The largest absolute Gasteiger partial charge is 0.481 e. The fourth-order valence-electron chi connectivity index (χ4n) is 1.63. The van der Waals surface area contributed by atoms with Crippen LogP contribution in [0.4, 0.5) is 5.69 Å². The molecule has 0 spiro atoms. The minimum atomic E-state index is -0.814. The highest BCUT2D eigenvalue weighted by molar-refractivity contribution is 8.03. The average molecular weight is 276 g/mol. The van der Waals surface area contributed by atoms with Gasteiger partial charge in [0.05, 0.1) is 5.92 Å². The Bertz CT molecular complexity index is 479. The first kappa shape index (κ1) is 15.1. The fourth-order valence-corrected chi connectivity index (χ4v) is 2.01. The lowest BCUT2D eigenvalue weighted by molar-refractivity contribution is -0.140. The molecule has 0 amide bonds. The average Bonchev–Trinajstić information content (AvgIpc) is 2.39. The highest BCUT2D eigenvalue weighted by Gasteiger charge is 2.15. The Morgan fingerprint density at radius 3 is 2.68 bits per heavy atom. The molecule has 0 radical (unpaired) electrons. The molecule has 1 atom stereocenters. The molecule has 0 fully saturated rings. The second-order valence-corrected chi connectivity index (χ2v) is 4.98. The predicted octanol–water partition coefficient (Wildman–Crippen LogP) is 2.97. The smallest absolute Gasteiger partial charge is 0.308 e. The summed E-state index contributed by atoms with van der Waals surface area (Å²) in [6.45, 7) is 6.38. The van der Waals surface area contributed by atoms with E-state index >= 15 is 0 Å². The molecule has 5 heteroatoms. The molecule has 0 saturated heterocycles. The minimum Gasteiger partial charge on any atom is -0.481 e. The number of hydrogen-bond donors (Lipinski definition) is 1. The molecule has 0 bridgehead atoms. The molecular weight excluding hydrogens is 260 g/mol. The maximum absolute atomic E-state index is 10.9. The van der Waals surface area contributed by atoms with Crippen LogP contribution in [0, 0.1) is 16.6 Å². The number of carbonyl (C=O) groups is 1. The van der Waals surface area contributed by atoms with Crippen molar-refractivity contribution in [2.75, 3.05) is 18.0 Å². The van der Waals surface area contributed by atoms with Gasteiger partial charge in [-0.05, 0) is 36.0 Å². The van der Waals surface area contributed by atoms with Gasteiger partial charge in [-0.25, -0.2) is 0 Å². The Morgan fingerprint density at radius 1 is 1.58 bits per heavy atom.